The van der Waals surface area contributed by atoms with Crippen molar-refractivity contribution in [2.24, 2.45) is 7.05 Å². The molecule has 1 unspecified atom stereocenters. The third kappa shape index (κ3) is 6.55. The summed E-state index contributed by atoms with van der Waals surface area (Å²) in [5.74, 6) is 1.22. The average Bonchev–Trinajstić information content (AvgIpc) is 3.52. The van der Waals surface area contributed by atoms with Gasteiger partial charge in [-0.1, -0.05) is 35.5 Å². The number of methoxy groups -OCH3 is 2. The maximum absolute atomic E-state index is 12.8. The number of hydrogen-bond donors (Lipinski definition) is 1. The molecule has 39 heavy (non-hydrogen) atoms. The summed E-state index contributed by atoms with van der Waals surface area (Å²) in [4.78, 5) is 25.5. The number of nitrogens with one attached hydrogen (secondary N) is 1. The van der Waals surface area contributed by atoms with Gasteiger partial charge in [-0.25, -0.2) is 4.79 Å². The maximum atomic E-state index is 12.8. The van der Waals surface area contributed by atoms with E-state index in [1.165, 1.54) is 30.2 Å². The minimum Gasteiger partial charge on any atom is -0.497 e. The molecule has 12 heteroatoms. The molecule has 0 fully saturated rings. The predicted molar refractivity (Wildman–Crippen MR) is 153 cm³/mol. The second-order valence-corrected chi connectivity index (χ2v) is 10.7. The number of carbonyl (C=O) groups is 2. The van der Waals surface area contributed by atoms with Gasteiger partial charge in [0.15, 0.2) is 17.1 Å². The second-order valence-electron chi connectivity index (χ2n) is 8.48. The molecule has 2 aromatic carbocycles. The van der Waals surface area contributed by atoms with E-state index in [0.29, 0.717) is 43.6 Å². The van der Waals surface area contributed by atoms with Gasteiger partial charge in [0, 0.05) is 23.0 Å². The summed E-state index contributed by atoms with van der Waals surface area (Å²) in [6, 6.07) is 12.8. The maximum Gasteiger partial charge on any atom is 0.341 e. The molecule has 0 saturated carbocycles. The Morgan fingerprint density at radius 1 is 1.13 bits per heavy atom. The molecule has 4 rings (SSSR count). The number of amides is 1. The molecule has 1 amide bonds. The lowest BCUT2D eigenvalue weighted by Gasteiger charge is -2.15. The van der Waals surface area contributed by atoms with Gasteiger partial charge in [0.1, 0.15) is 22.1 Å². The van der Waals surface area contributed by atoms with Crippen molar-refractivity contribution in [3.63, 3.8) is 0 Å². The van der Waals surface area contributed by atoms with Crippen LogP contribution in [0, 0.1) is 6.92 Å². The summed E-state index contributed by atoms with van der Waals surface area (Å²) < 4.78 is 18.0. The summed E-state index contributed by atoms with van der Waals surface area (Å²) >= 11 is 8.59. The minimum absolute atomic E-state index is 0.0635. The van der Waals surface area contributed by atoms with E-state index in [1.54, 1.807) is 35.9 Å². The van der Waals surface area contributed by atoms with E-state index in [1.807, 2.05) is 44.5 Å². The summed E-state index contributed by atoms with van der Waals surface area (Å²) in [6.45, 7) is 3.78. The first-order chi connectivity index (χ1) is 18.7. The van der Waals surface area contributed by atoms with Crippen LogP contribution in [0.2, 0.25) is 5.02 Å². The zero-order chi connectivity index (χ0) is 28.1. The zero-order valence-corrected chi connectivity index (χ0v) is 24.4. The molecule has 2 heterocycles. The van der Waals surface area contributed by atoms with Crippen molar-refractivity contribution >= 4 is 51.6 Å². The van der Waals surface area contributed by atoms with Crippen LogP contribution in [0.25, 0.3) is 11.1 Å². The average molecular weight is 587 g/mol. The van der Waals surface area contributed by atoms with Gasteiger partial charge in [0.25, 0.3) is 0 Å². The van der Waals surface area contributed by atoms with Crippen LogP contribution in [-0.2, 0) is 16.6 Å². The smallest absolute Gasteiger partial charge is 0.341 e. The van der Waals surface area contributed by atoms with Gasteiger partial charge in [-0.05, 0) is 55.3 Å². The number of ether oxygens (including phenoxy) is 3. The van der Waals surface area contributed by atoms with Crippen LogP contribution in [0.3, 0.4) is 0 Å². The molecular weight excluding hydrogens is 560 g/mol. The monoisotopic (exact) mass is 586 g/mol. The van der Waals surface area contributed by atoms with Crippen molar-refractivity contribution in [3.05, 3.63) is 69.8 Å². The number of halogens is 1. The number of thioether (sulfide) groups is 1. The van der Waals surface area contributed by atoms with Crippen molar-refractivity contribution in [3.8, 4) is 22.6 Å². The Bertz CT molecular complexity index is 1490. The molecule has 1 atom stereocenters. The lowest BCUT2D eigenvalue weighted by atomic mass is 10.0. The van der Waals surface area contributed by atoms with Gasteiger partial charge in [-0.3, -0.25) is 4.79 Å². The van der Waals surface area contributed by atoms with Crippen LogP contribution < -0.4 is 14.8 Å². The Morgan fingerprint density at radius 2 is 1.85 bits per heavy atom. The fourth-order valence-corrected chi connectivity index (χ4v) is 5.59. The van der Waals surface area contributed by atoms with Crippen molar-refractivity contribution < 1.29 is 23.8 Å². The Kier molecular flexibility index (Phi) is 9.16. The number of rotatable bonds is 10. The molecule has 4 aromatic rings. The number of nitrogens with zero attached hydrogens (tertiary/aromatic N) is 3. The number of anilines is 1. The number of esters is 1. The Labute approximate surface area is 239 Å². The molecule has 0 aliphatic carbocycles. The molecular formula is C27H27ClN4O5S2. The van der Waals surface area contributed by atoms with Gasteiger partial charge in [-0.2, -0.15) is 0 Å². The van der Waals surface area contributed by atoms with Crippen LogP contribution in [0.4, 0.5) is 5.00 Å². The fraction of sp³-hybridized carbons (Fsp3) is 0.259. The van der Waals surface area contributed by atoms with Crippen LogP contribution in [-0.4, -0.2) is 46.6 Å². The van der Waals surface area contributed by atoms with Crippen molar-refractivity contribution in [2.45, 2.75) is 25.1 Å². The topological polar surface area (TPSA) is 105 Å². The second kappa shape index (κ2) is 12.5. The minimum atomic E-state index is -0.534. The quantitative estimate of drug-likeness (QED) is 0.174. The van der Waals surface area contributed by atoms with E-state index < -0.39 is 5.97 Å². The number of aromatic nitrogens is 3. The van der Waals surface area contributed by atoms with E-state index in [0.717, 1.165) is 11.1 Å². The highest BCUT2D eigenvalue weighted by Crippen LogP contribution is 2.37. The van der Waals surface area contributed by atoms with Gasteiger partial charge in [-0.15, -0.1) is 21.5 Å². The largest absolute Gasteiger partial charge is 0.497 e. The van der Waals surface area contributed by atoms with Gasteiger partial charge in [0.2, 0.25) is 5.91 Å². The summed E-state index contributed by atoms with van der Waals surface area (Å²) in [5, 5.41) is 14.8. The molecule has 1 N–H and O–H groups in total. The van der Waals surface area contributed by atoms with E-state index in [2.05, 4.69) is 15.5 Å². The highest BCUT2D eigenvalue weighted by Gasteiger charge is 2.23. The van der Waals surface area contributed by atoms with Crippen LogP contribution in [0.5, 0.6) is 11.5 Å². The Hall–Kier alpha value is -3.54. The van der Waals surface area contributed by atoms with E-state index >= 15 is 0 Å². The molecule has 204 valence electrons. The molecule has 0 aliphatic rings. The van der Waals surface area contributed by atoms with Crippen LogP contribution in [0.1, 0.15) is 34.8 Å². The standard InChI is InChI=1S/C27H27ClN4O5S2/c1-15-12-19(10-11-21(15)28)37-16(2)24-30-31-27(32(24)3)39-14-22(33)29-25-23(26(34)36-5)20(13-38-25)17-6-8-18(35-4)9-7-17/h6-13,16H,14H2,1-5H3,(H,29,33). The van der Waals surface area contributed by atoms with Crippen LogP contribution in [0.15, 0.2) is 53.0 Å². The fourth-order valence-electron chi connectivity index (χ4n) is 3.78. The lowest BCUT2D eigenvalue weighted by molar-refractivity contribution is -0.113. The van der Waals surface area contributed by atoms with Crippen LogP contribution >= 0.6 is 34.7 Å². The van der Waals surface area contributed by atoms with E-state index in [-0.39, 0.29) is 17.8 Å². The number of aryl methyl sites for hydroxylation is 1. The molecule has 0 saturated heterocycles. The summed E-state index contributed by atoms with van der Waals surface area (Å²) in [7, 11) is 4.71. The van der Waals surface area contributed by atoms with Crippen molar-refractivity contribution in [1.82, 2.24) is 14.8 Å². The first kappa shape index (κ1) is 28.5. The molecule has 0 spiro atoms. The van der Waals surface area contributed by atoms with Crippen molar-refractivity contribution in [1.29, 1.82) is 0 Å². The van der Waals surface area contributed by atoms with Gasteiger partial charge < -0.3 is 24.1 Å². The third-order valence-electron chi connectivity index (χ3n) is 5.84. The third-order valence-corrected chi connectivity index (χ3v) is 8.18. The molecule has 0 bridgehead atoms. The first-order valence-corrected chi connectivity index (χ1v) is 14.0. The summed E-state index contributed by atoms with van der Waals surface area (Å²) in [5.41, 5.74) is 2.69. The summed E-state index contributed by atoms with van der Waals surface area (Å²) in [6.07, 6.45) is -0.378. The predicted octanol–water partition coefficient (Wildman–Crippen LogP) is 6.17. The Balaban J connectivity index is 1.42. The zero-order valence-electron chi connectivity index (χ0n) is 22.0. The Morgan fingerprint density at radius 3 is 2.51 bits per heavy atom. The van der Waals surface area contributed by atoms with Gasteiger partial charge >= 0.3 is 5.97 Å². The van der Waals surface area contributed by atoms with Gasteiger partial charge in [0.05, 0.1) is 20.0 Å². The lowest BCUT2D eigenvalue weighted by Crippen LogP contribution is -2.16. The first-order valence-electron chi connectivity index (χ1n) is 11.8. The normalized spacial score (nSPS) is 11.6. The molecule has 2 aromatic heterocycles. The number of benzene rings is 2. The molecule has 0 radical (unpaired) electrons. The molecule has 0 aliphatic heterocycles. The number of thiophene rings is 1. The SMILES string of the molecule is COC(=O)c1c(-c2ccc(OC)cc2)csc1NC(=O)CSc1nnc(C(C)Oc2ccc(Cl)c(C)c2)n1C. The number of carbonyl (C=O) groups excluding carboxylic acids is 2. The van der Waals surface area contributed by atoms with Crippen molar-refractivity contribution in [2.75, 3.05) is 25.3 Å². The van der Waals surface area contributed by atoms with E-state index in [4.69, 9.17) is 25.8 Å². The highest BCUT2D eigenvalue weighted by molar-refractivity contribution is 7.99. The molecule has 9 nitrogen and oxygen atoms in total. The highest BCUT2D eigenvalue weighted by atomic mass is 35.5. The van der Waals surface area contributed by atoms with E-state index in [9.17, 15) is 9.59 Å². The number of hydrogen-bond acceptors (Lipinski definition) is 9.